The Balaban J connectivity index is 2.36. The number of benzene rings is 1. The van der Waals surface area contributed by atoms with E-state index in [1.54, 1.807) is 0 Å². The number of halogens is 4. The molecular formula is C11H9ClF3NO. The number of rotatable bonds is 1. The minimum absolute atomic E-state index is 0.163. The fraction of sp³-hybridized carbons (Fsp3) is 0.364. The predicted octanol–water partition coefficient (Wildman–Crippen LogP) is 2.96. The first-order valence-electron chi connectivity index (χ1n) is 5.01. The molecular weight excluding hydrogens is 255 g/mol. The number of alkyl halides is 3. The van der Waals surface area contributed by atoms with Gasteiger partial charge in [-0.1, -0.05) is 11.6 Å². The second kappa shape index (κ2) is 4.22. The summed E-state index contributed by atoms with van der Waals surface area (Å²) in [4.78, 5) is 11.0. The third kappa shape index (κ3) is 2.54. The summed E-state index contributed by atoms with van der Waals surface area (Å²) in [5.41, 5.74) is -0.365. The molecule has 0 aromatic heterocycles. The van der Waals surface area contributed by atoms with E-state index in [1.807, 2.05) is 0 Å². The summed E-state index contributed by atoms with van der Waals surface area (Å²) in [6, 6.07) is 3.19. The van der Waals surface area contributed by atoms with Gasteiger partial charge in [0.05, 0.1) is 5.56 Å². The van der Waals surface area contributed by atoms with Gasteiger partial charge < -0.3 is 5.32 Å². The van der Waals surface area contributed by atoms with Crippen LogP contribution in [0.15, 0.2) is 18.2 Å². The Morgan fingerprint density at radius 1 is 1.35 bits per heavy atom. The van der Waals surface area contributed by atoms with Crippen LogP contribution in [0.3, 0.4) is 0 Å². The molecule has 1 saturated heterocycles. The Morgan fingerprint density at radius 2 is 2.06 bits per heavy atom. The zero-order valence-electron chi connectivity index (χ0n) is 8.64. The van der Waals surface area contributed by atoms with Crippen LogP contribution < -0.4 is 5.32 Å². The summed E-state index contributed by atoms with van der Waals surface area (Å²) in [6.45, 7) is 0.333. The summed E-state index contributed by atoms with van der Waals surface area (Å²) >= 11 is 5.87. The first-order valence-corrected chi connectivity index (χ1v) is 5.39. The van der Waals surface area contributed by atoms with Crippen molar-refractivity contribution >= 4 is 17.5 Å². The average molecular weight is 264 g/mol. The summed E-state index contributed by atoms with van der Waals surface area (Å²) in [6.07, 6.45) is -4.21. The zero-order chi connectivity index (χ0) is 12.6. The molecule has 1 aliphatic heterocycles. The van der Waals surface area contributed by atoms with Crippen LogP contribution in [0, 0.1) is 0 Å². The van der Waals surface area contributed by atoms with Crippen molar-refractivity contribution < 1.29 is 18.0 Å². The lowest BCUT2D eigenvalue weighted by atomic mass is 9.96. The van der Waals surface area contributed by atoms with Crippen LogP contribution >= 0.6 is 11.6 Å². The monoisotopic (exact) mass is 263 g/mol. The van der Waals surface area contributed by atoms with Gasteiger partial charge in [-0.2, -0.15) is 13.2 Å². The fourth-order valence-corrected chi connectivity index (χ4v) is 2.13. The standard InChI is InChI=1S/C11H9ClF3NO/c12-9-2-1-7(11(13,14)15)4-8(9)6-3-10(17)16-5-6/h1-2,4,6H,3,5H2,(H,16,17). The van der Waals surface area contributed by atoms with Crippen LogP contribution in [0.4, 0.5) is 13.2 Å². The van der Waals surface area contributed by atoms with E-state index in [2.05, 4.69) is 5.32 Å². The van der Waals surface area contributed by atoms with Gasteiger partial charge in [-0.3, -0.25) is 4.79 Å². The van der Waals surface area contributed by atoms with Crippen molar-refractivity contribution in [3.05, 3.63) is 34.3 Å². The van der Waals surface area contributed by atoms with Crippen molar-refractivity contribution in [2.45, 2.75) is 18.5 Å². The lowest BCUT2D eigenvalue weighted by Crippen LogP contribution is -2.14. The summed E-state index contributed by atoms with van der Waals surface area (Å²) in [7, 11) is 0. The van der Waals surface area contributed by atoms with E-state index in [1.165, 1.54) is 6.07 Å². The number of amides is 1. The third-order valence-electron chi connectivity index (χ3n) is 2.74. The Kier molecular flexibility index (Phi) is 3.03. The highest BCUT2D eigenvalue weighted by atomic mass is 35.5. The lowest BCUT2D eigenvalue weighted by molar-refractivity contribution is -0.137. The van der Waals surface area contributed by atoms with Crippen molar-refractivity contribution in [1.82, 2.24) is 5.32 Å². The molecule has 0 spiro atoms. The normalized spacial score (nSPS) is 20.5. The Bertz CT molecular complexity index is 459. The highest BCUT2D eigenvalue weighted by molar-refractivity contribution is 6.31. The van der Waals surface area contributed by atoms with Gasteiger partial charge in [0.2, 0.25) is 5.91 Å². The highest BCUT2D eigenvalue weighted by Gasteiger charge is 2.33. The molecule has 17 heavy (non-hydrogen) atoms. The predicted molar refractivity (Wildman–Crippen MR) is 56.8 cm³/mol. The first-order chi connectivity index (χ1) is 7.88. The maximum Gasteiger partial charge on any atom is 0.416 e. The van der Waals surface area contributed by atoms with E-state index < -0.39 is 11.7 Å². The highest BCUT2D eigenvalue weighted by Crippen LogP contribution is 2.35. The van der Waals surface area contributed by atoms with Gasteiger partial charge in [-0.05, 0) is 23.8 Å². The minimum Gasteiger partial charge on any atom is -0.355 e. The van der Waals surface area contributed by atoms with Gasteiger partial charge >= 0.3 is 6.18 Å². The summed E-state index contributed by atoms with van der Waals surface area (Å²) in [5.74, 6) is -0.444. The number of hydrogen-bond donors (Lipinski definition) is 1. The molecule has 1 heterocycles. The van der Waals surface area contributed by atoms with Crippen molar-refractivity contribution in [2.24, 2.45) is 0 Å². The molecule has 2 nitrogen and oxygen atoms in total. The molecule has 2 rings (SSSR count). The molecule has 1 unspecified atom stereocenters. The van der Waals surface area contributed by atoms with Gasteiger partial charge in [0.1, 0.15) is 0 Å². The SMILES string of the molecule is O=C1CC(c2cc(C(F)(F)F)ccc2Cl)CN1. The second-order valence-electron chi connectivity index (χ2n) is 3.94. The van der Waals surface area contributed by atoms with Crippen molar-refractivity contribution in [3.8, 4) is 0 Å². The van der Waals surface area contributed by atoms with Crippen molar-refractivity contribution in [1.29, 1.82) is 0 Å². The van der Waals surface area contributed by atoms with Crippen molar-refractivity contribution in [2.75, 3.05) is 6.54 Å². The van der Waals surface area contributed by atoms with Crippen LogP contribution in [0.2, 0.25) is 5.02 Å². The maximum absolute atomic E-state index is 12.5. The van der Waals surface area contributed by atoms with Gasteiger partial charge in [-0.15, -0.1) is 0 Å². The summed E-state index contributed by atoms with van der Waals surface area (Å²) < 4.78 is 37.6. The topological polar surface area (TPSA) is 29.1 Å². The Labute approximate surface area is 101 Å². The molecule has 1 atom stereocenters. The zero-order valence-corrected chi connectivity index (χ0v) is 9.40. The molecule has 1 aromatic rings. The smallest absolute Gasteiger partial charge is 0.355 e. The molecule has 1 aliphatic rings. The number of nitrogens with one attached hydrogen (secondary N) is 1. The van der Waals surface area contributed by atoms with Gasteiger partial charge in [0.25, 0.3) is 0 Å². The molecule has 6 heteroatoms. The van der Waals surface area contributed by atoms with E-state index in [-0.39, 0.29) is 23.3 Å². The van der Waals surface area contributed by atoms with Crippen LogP contribution in [0.5, 0.6) is 0 Å². The molecule has 1 N–H and O–H groups in total. The molecule has 1 aromatic carbocycles. The third-order valence-corrected chi connectivity index (χ3v) is 3.08. The van der Waals surface area contributed by atoms with Gasteiger partial charge in [-0.25, -0.2) is 0 Å². The largest absolute Gasteiger partial charge is 0.416 e. The van der Waals surface area contributed by atoms with Crippen LogP contribution in [0.25, 0.3) is 0 Å². The summed E-state index contributed by atoms with van der Waals surface area (Å²) in [5, 5.41) is 2.84. The quantitative estimate of drug-likeness (QED) is 0.829. The van der Waals surface area contributed by atoms with E-state index >= 15 is 0 Å². The van der Waals surface area contributed by atoms with Gasteiger partial charge in [0.15, 0.2) is 0 Å². The molecule has 0 saturated carbocycles. The first kappa shape index (κ1) is 12.2. The molecule has 0 radical (unpaired) electrons. The van der Waals surface area contributed by atoms with E-state index in [0.29, 0.717) is 12.1 Å². The number of carbonyl (C=O) groups is 1. The average Bonchev–Trinajstić information content (AvgIpc) is 2.63. The Morgan fingerprint density at radius 3 is 2.59 bits per heavy atom. The van der Waals surface area contributed by atoms with E-state index in [9.17, 15) is 18.0 Å². The van der Waals surface area contributed by atoms with E-state index in [4.69, 9.17) is 11.6 Å². The van der Waals surface area contributed by atoms with Crippen LogP contribution in [-0.4, -0.2) is 12.5 Å². The maximum atomic E-state index is 12.5. The Hall–Kier alpha value is -1.23. The van der Waals surface area contributed by atoms with Crippen LogP contribution in [0.1, 0.15) is 23.5 Å². The minimum atomic E-state index is -4.39. The van der Waals surface area contributed by atoms with Crippen molar-refractivity contribution in [3.63, 3.8) is 0 Å². The molecule has 0 bridgehead atoms. The number of hydrogen-bond acceptors (Lipinski definition) is 1. The van der Waals surface area contributed by atoms with Gasteiger partial charge in [0, 0.05) is 23.9 Å². The molecule has 1 amide bonds. The molecule has 0 aliphatic carbocycles. The van der Waals surface area contributed by atoms with E-state index in [0.717, 1.165) is 12.1 Å². The molecule has 92 valence electrons. The fourth-order valence-electron chi connectivity index (χ4n) is 1.86. The second-order valence-corrected chi connectivity index (χ2v) is 4.35. The number of carbonyl (C=O) groups excluding carboxylic acids is 1. The van der Waals surface area contributed by atoms with Crippen LogP contribution in [-0.2, 0) is 11.0 Å². The molecule has 1 fully saturated rings. The lowest BCUT2D eigenvalue weighted by Gasteiger charge is -2.13.